The van der Waals surface area contributed by atoms with Crippen LogP contribution in [0, 0.1) is 0 Å². The third kappa shape index (κ3) is 4.72. The first-order valence-electron chi connectivity index (χ1n) is 8.31. The van der Waals surface area contributed by atoms with Gasteiger partial charge >= 0.3 is 5.97 Å². The number of nitrogens with zero attached hydrogens (tertiary/aromatic N) is 1. The van der Waals surface area contributed by atoms with Crippen LogP contribution < -0.4 is 4.90 Å². The molecule has 0 radical (unpaired) electrons. The zero-order valence-electron chi connectivity index (χ0n) is 14.6. The Morgan fingerprint density at radius 3 is 2.21 bits per heavy atom. The van der Waals surface area contributed by atoms with E-state index >= 15 is 0 Å². The van der Waals surface area contributed by atoms with E-state index in [9.17, 15) is 4.79 Å². The van der Waals surface area contributed by atoms with Crippen LogP contribution in [-0.4, -0.2) is 25.7 Å². The lowest BCUT2D eigenvalue weighted by Crippen LogP contribution is -2.34. The summed E-state index contributed by atoms with van der Waals surface area (Å²) in [5.41, 5.74) is 2.86. The molecule has 1 atom stereocenters. The first kappa shape index (κ1) is 17.8. The second kappa shape index (κ2) is 8.92. The maximum absolute atomic E-state index is 12.2. The van der Waals surface area contributed by atoms with Gasteiger partial charge in [-0.1, -0.05) is 48.5 Å². The van der Waals surface area contributed by atoms with Crippen LogP contribution in [0.4, 0.5) is 5.69 Å². The van der Waals surface area contributed by atoms with Crippen molar-refractivity contribution in [1.29, 1.82) is 0 Å². The molecule has 0 aliphatic heterocycles. The van der Waals surface area contributed by atoms with E-state index in [0.29, 0.717) is 12.0 Å². The normalized spacial score (nSPS) is 12.5. The molecule has 0 spiro atoms. The molecule has 1 unspecified atom stereocenters. The largest absolute Gasteiger partial charge is 0.466 e. The molecule has 0 amide bonds. The van der Waals surface area contributed by atoms with Crippen LogP contribution in [0.1, 0.15) is 25.8 Å². The van der Waals surface area contributed by atoms with Gasteiger partial charge in [-0.15, -0.1) is 0 Å². The fourth-order valence-electron chi connectivity index (χ4n) is 2.88. The summed E-state index contributed by atoms with van der Waals surface area (Å²) in [5.74, 6) is -0.269. The second-order valence-electron chi connectivity index (χ2n) is 5.75. The molecule has 126 valence electrons. The number of ether oxygens (including phenoxy) is 1. The summed E-state index contributed by atoms with van der Waals surface area (Å²) in [5, 5.41) is 0. The number of rotatable bonds is 7. The van der Waals surface area contributed by atoms with Gasteiger partial charge in [-0.3, -0.25) is 0 Å². The quantitative estimate of drug-likeness (QED) is 0.553. The number of carbonyl (C=O) groups is 1. The van der Waals surface area contributed by atoms with Crippen molar-refractivity contribution in [2.75, 3.05) is 18.6 Å². The van der Waals surface area contributed by atoms with Gasteiger partial charge in [0.2, 0.25) is 0 Å². The molecule has 3 heteroatoms. The Kier molecular flexibility index (Phi) is 6.62. The monoisotopic (exact) mass is 323 g/mol. The van der Waals surface area contributed by atoms with Crippen LogP contribution in [0.25, 0.3) is 6.08 Å². The standard InChI is InChI=1S/C21H25NO2/c1-4-22(20-13-9-6-10-14-20)17(2)15-19(21(23)24-3)16-18-11-7-5-8-12-18/h5-14,16-17H,4,15H2,1-3H3. The van der Waals surface area contributed by atoms with Crippen molar-refractivity contribution in [2.24, 2.45) is 0 Å². The zero-order valence-corrected chi connectivity index (χ0v) is 14.6. The van der Waals surface area contributed by atoms with Crippen LogP contribution in [-0.2, 0) is 9.53 Å². The van der Waals surface area contributed by atoms with Crippen molar-refractivity contribution in [3.63, 3.8) is 0 Å². The van der Waals surface area contributed by atoms with Crippen molar-refractivity contribution in [2.45, 2.75) is 26.3 Å². The van der Waals surface area contributed by atoms with E-state index in [0.717, 1.165) is 17.8 Å². The van der Waals surface area contributed by atoms with Gasteiger partial charge < -0.3 is 9.64 Å². The molecule has 0 fully saturated rings. The highest BCUT2D eigenvalue weighted by molar-refractivity contribution is 5.93. The minimum atomic E-state index is -0.269. The molecule has 3 nitrogen and oxygen atoms in total. The van der Waals surface area contributed by atoms with E-state index in [2.05, 4.69) is 30.9 Å². The van der Waals surface area contributed by atoms with Gasteiger partial charge in [0.1, 0.15) is 0 Å². The Labute approximate surface area is 144 Å². The van der Waals surface area contributed by atoms with E-state index in [1.807, 2.05) is 54.6 Å². The van der Waals surface area contributed by atoms with E-state index in [-0.39, 0.29) is 12.0 Å². The maximum Gasteiger partial charge on any atom is 0.333 e. The molecule has 0 heterocycles. The number of carbonyl (C=O) groups excluding carboxylic acids is 1. The Morgan fingerprint density at radius 1 is 1.08 bits per heavy atom. The van der Waals surface area contributed by atoms with E-state index in [1.54, 1.807) is 0 Å². The molecule has 0 N–H and O–H groups in total. The Balaban J connectivity index is 2.22. The molecule has 0 saturated carbocycles. The topological polar surface area (TPSA) is 29.5 Å². The highest BCUT2D eigenvalue weighted by Gasteiger charge is 2.19. The predicted octanol–water partition coefficient (Wildman–Crippen LogP) is 4.55. The molecule has 2 aromatic rings. The number of benzene rings is 2. The highest BCUT2D eigenvalue weighted by atomic mass is 16.5. The van der Waals surface area contributed by atoms with Crippen LogP contribution >= 0.6 is 0 Å². The number of hydrogen-bond acceptors (Lipinski definition) is 3. The smallest absolute Gasteiger partial charge is 0.333 e. The lowest BCUT2D eigenvalue weighted by atomic mass is 10.0. The molecule has 2 rings (SSSR count). The van der Waals surface area contributed by atoms with Crippen LogP contribution in [0.15, 0.2) is 66.2 Å². The number of anilines is 1. The van der Waals surface area contributed by atoms with E-state index in [4.69, 9.17) is 4.74 Å². The van der Waals surface area contributed by atoms with Crippen LogP contribution in [0.5, 0.6) is 0 Å². The highest BCUT2D eigenvalue weighted by Crippen LogP contribution is 2.22. The van der Waals surface area contributed by atoms with Crippen molar-refractivity contribution in [3.8, 4) is 0 Å². The molecule has 2 aromatic carbocycles. The predicted molar refractivity (Wildman–Crippen MR) is 100.0 cm³/mol. The second-order valence-corrected chi connectivity index (χ2v) is 5.75. The molecular weight excluding hydrogens is 298 g/mol. The summed E-state index contributed by atoms with van der Waals surface area (Å²) in [6, 6.07) is 20.3. The van der Waals surface area contributed by atoms with Crippen LogP contribution in [0.2, 0.25) is 0 Å². The zero-order chi connectivity index (χ0) is 17.4. The van der Waals surface area contributed by atoms with Crippen molar-refractivity contribution in [3.05, 3.63) is 71.8 Å². The molecule has 24 heavy (non-hydrogen) atoms. The SMILES string of the molecule is CCN(c1ccccc1)C(C)CC(=Cc1ccccc1)C(=O)OC. The Morgan fingerprint density at radius 2 is 1.67 bits per heavy atom. The summed E-state index contributed by atoms with van der Waals surface area (Å²) in [7, 11) is 1.43. The fraction of sp³-hybridized carbons (Fsp3) is 0.286. The lowest BCUT2D eigenvalue weighted by Gasteiger charge is -2.30. The van der Waals surface area contributed by atoms with Crippen LogP contribution in [0.3, 0.4) is 0 Å². The maximum atomic E-state index is 12.2. The van der Waals surface area contributed by atoms with Gasteiger partial charge in [-0.25, -0.2) is 4.79 Å². The lowest BCUT2D eigenvalue weighted by molar-refractivity contribution is -0.136. The fourth-order valence-corrected chi connectivity index (χ4v) is 2.88. The third-order valence-electron chi connectivity index (χ3n) is 4.06. The summed E-state index contributed by atoms with van der Waals surface area (Å²) >= 11 is 0. The Bertz CT molecular complexity index is 665. The Hall–Kier alpha value is -2.55. The van der Waals surface area contributed by atoms with Gasteiger partial charge in [0, 0.05) is 23.8 Å². The molecule has 0 aliphatic carbocycles. The summed E-state index contributed by atoms with van der Waals surface area (Å²) < 4.78 is 4.98. The van der Waals surface area contributed by atoms with E-state index < -0.39 is 0 Å². The van der Waals surface area contributed by atoms with Crippen molar-refractivity contribution < 1.29 is 9.53 Å². The first-order valence-corrected chi connectivity index (χ1v) is 8.31. The van der Waals surface area contributed by atoms with Gasteiger partial charge in [0.05, 0.1) is 7.11 Å². The van der Waals surface area contributed by atoms with Gasteiger partial charge in [-0.2, -0.15) is 0 Å². The summed E-state index contributed by atoms with van der Waals surface area (Å²) in [4.78, 5) is 14.5. The molecule has 0 aromatic heterocycles. The van der Waals surface area contributed by atoms with Gasteiger partial charge in [0.25, 0.3) is 0 Å². The average molecular weight is 323 g/mol. The first-order chi connectivity index (χ1) is 11.7. The molecule has 0 saturated heterocycles. The number of methoxy groups -OCH3 is 1. The summed E-state index contributed by atoms with van der Waals surface area (Å²) in [6.07, 6.45) is 2.55. The van der Waals surface area contributed by atoms with Gasteiger partial charge in [-0.05, 0) is 44.0 Å². The average Bonchev–Trinajstić information content (AvgIpc) is 2.63. The number of para-hydroxylation sites is 1. The van der Waals surface area contributed by atoms with Crippen molar-refractivity contribution in [1.82, 2.24) is 0 Å². The third-order valence-corrected chi connectivity index (χ3v) is 4.06. The molecule has 0 bridgehead atoms. The summed E-state index contributed by atoms with van der Waals surface area (Å²) in [6.45, 7) is 5.14. The molecule has 0 aliphatic rings. The minimum Gasteiger partial charge on any atom is -0.466 e. The van der Waals surface area contributed by atoms with Gasteiger partial charge in [0.15, 0.2) is 0 Å². The van der Waals surface area contributed by atoms with E-state index in [1.165, 1.54) is 7.11 Å². The van der Waals surface area contributed by atoms with Crippen molar-refractivity contribution >= 4 is 17.7 Å². The number of hydrogen-bond donors (Lipinski definition) is 0. The minimum absolute atomic E-state index is 0.187. The molecular formula is C21H25NO2. The number of esters is 1.